The Morgan fingerprint density at radius 1 is 1.45 bits per heavy atom. The Labute approximate surface area is 114 Å². The van der Waals surface area contributed by atoms with Crippen molar-refractivity contribution in [2.45, 2.75) is 13.5 Å². The maximum atomic E-state index is 11.4. The lowest BCUT2D eigenvalue weighted by atomic mass is 10.1. The molecule has 0 aliphatic heterocycles. The summed E-state index contributed by atoms with van der Waals surface area (Å²) in [5.41, 5.74) is 1.05. The van der Waals surface area contributed by atoms with E-state index in [1.165, 1.54) is 25.3 Å². The van der Waals surface area contributed by atoms with Crippen LogP contribution in [0.1, 0.15) is 17.3 Å². The topological polar surface area (TPSA) is 87.3 Å². The van der Waals surface area contributed by atoms with E-state index in [-0.39, 0.29) is 11.3 Å². The van der Waals surface area contributed by atoms with E-state index < -0.39 is 10.9 Å². The average molecular weight is 275 g/mol. The summed E-state index contributed by atoms with van der Waals surface area (Å²) in [6.45, 7) is 2.49. The quantitative estimate of drug-likeness (QED) is 0.485. The fraction of sp³-hybridized carbons (Fsp3) is 0.231. The molecule has 0 saturated carbocycles. The van der Waals surface area contributed by atoms with Crippen LogP contribution in [-0.4, -0.2) is 27.8 Å². The molecule has 2 rings (SSSR count). The molecule has 0 fully saturated rings. The maximum Gasteiger partial charge on any atom is 0.338 e. The van der Waals surface area contributed by atoms with Gasteiger partial charge in [-0.1, -0.05) is 0 Å². The molecule has 1 heterocycles. The van der Waals surface area contributed by atoms with Crippen molar-refractivity contribution in [2.24, 2.45) is 0 Å². The Balaban J connectivity index is 2.59. The Morgan fingerprint density at radius 2 is 2.20 bits per heavy atom. The van der Waals surface area contributed by atoms with Gasteiger partial charge in [-0.05, 0) is 25.1 Å². The minimum atomic E-state index is -0.608. The van der Waals surface area contributed by atoms with E-state index >= 15 is 0 Å². The van der Waals surface area contributed by atoms with Gasteiger partial charge in [0.25, 0.3) is 5.69 Å². The first-order valence-corrected chi connectivity index (χ1v) is 5.97. The van der Waals surface area contributed by atoms with Crippen LogP contribution in [-0.2, 0) is 11.3 Å². The number of benzene rings is 1. The molecule has 0 aliphatic rings. The molecule has 0 N–H and O–H groups in total. The van der Waals surface area contributed by atoms with Crippen LogP contribution >= 0.6 is 0 Å². The summed E-state index contributed by atoms with van der Waals surface area (Å²) in [6.07, 6.45) is 1.58. The molecule has 0 aliphatic carbocycles. The largest absolute Gasteiger partial charge is 0.465 e. The number of nitro groups is 1. The Morgan fingerprint density at radius 3 is 2.80 bits per heavy atom. The van der Waals surface area contributed by atoms with Crippen molar-refractivity contribution in [3.63, 3.8) is 0 Å². The van der Waals surface area contributed by atoms with E-state index in [9.17, 15) is 14.9 Å². The predicted octanol–water partition coefficient (Wildman–Crippen LogP) is 2.26. The summed E-state index contributed by atoms with van der Waals surface area (Å²) in [6, 6.07) is 5.95. The first kappa shape index (κ1) is 13.7. The van der Waals surface area contributed by atoms with Gasteiger partial charge >= 0.3 is 5.97 Å². The molecule has 0 radical (unpaired) electrons. The van der Waals surface area contributed by atoms with Gasteiger partial charge in [0.15, 0.2) is 0 Å². The molecule has 1 aromatic heterocycles. The van der Waals surface area contributed by atoms with Crippen LogP contribution in [0.4, 0.5) is 5.69 Å². The number of aryl methyl sites for hydroxylation is 1. The van der Waals surface area contributed by atoms with Crippen LogP contribution in [0.5, 0.6) is 0 Å². The smallest absolute Gasteiger partial charge is 0.338 e. The van der Waals surface area contributed by atoms with Crippen molar-refractivity contribution in [3.8, 4) is 11.3 Å². The van der Waals surface area contributed by atoms with Gasteiger partial charge < -0.3 is 4.74 Å². The summed E-state index contributed by atoms with van der Waals surface area (Å²) >= 11 is 0. The normalized spacial score (nSPS) is 10.3. The van der Waals surface area contributed by atoms with Crippen molar-refractivity contribution in [3.05, 3.63) is 46.1 Å². The van der Waals surface area contributed by atoms with Crippen molar-refractivity contribution >= 4 is 11.7 Å². The molecule has 0 unspecified atom stereocenters. The van der Waals surface area contributed by atoms with Gasteiger partial charge in [-0.3, -0.25) is 14.8 Å². The summed E-state index contributed by atoms with van der Waals surface area (Å²) < 4.78 is 6.22. The van der Waals surface area contributed by atoms with Crippen LogP contribution < -0.4 is 0 Å². The number of hydrogen-bond acceptors (Lipinski definition) is 5. The van der Waals surface area contributed by atoms with Crippen LogP contribution in [0.15, 0.2) is 30.5 Å². The van der Waals surface area contributed by atoms with Crippen molar-refractivity contribution < 1.29 is 14.5 Å². The summed E-state index contributed by atoms with van der Waals surface area (Å²) in [5.74, 6) is -0.608. The number of methoxy groups -OCH3 is 1. The fourth-order valence-corrected chi connectivity index (χ4v) is 1.96. The fourth-order valence-electron chi connectivity index (χ4n) is 1.96. The van der Waals surface area contributed by atoms with Crippen LogP contribution in [0.3, 0.4) is 0 Å². The first-order valence-electron chi connectivity index (χ1n) is 5.97. The Hall–Kier alpha value is -2.70. The Bertz CT molecular complexity index is 663. The molecule has 0 bridgehead atoms. The lowest BCUT2D eigenvalue weighted by Crippen LogP contribution is -2.05. The number of nitrogens with zero attached hydrogens (tertiary/aromatic N) is 3. The SMILES string of the molecule is CCn1nccc1-c1ccc(C(=O)OC)cc1[N+](=O)[O-]. The summed E-state index contributed by atoms with van der Waals surface area (Å²) in [4.78, 5) is 22.1. The second-order valence-electron chi connectivity index (χ2n) is 4.01. The third-order valence-corrected chi connectivity index (χ3v) is 2.91. The second kappa shape index (κ2) is 5.52. The molecule has 104 valence electrons. The summed E-state index contributed by atoms with van der Waals surface area (Å²) in [5, 5.41) is 15.3. The third kappa shape index (κ3) is 2.37. The van der Waals surface area contributed by atoms with E-state index in [0.717, 1.165) is 0 Å². The van der Waals surface area contributed by atoms with Gasteiger partial charge in [-0.2, -0.15) is 5.10 Å². The molecule has 20 heavy (non-hydrogen) atoms. The number of esters is 1. The molecule has 7 nitrogen and oxygen atoms in total. The molecule has 0 atom stereocenters. The van der Waals surface area contributed by atoms with Crippen molar-refractivity contribution in [2.75, 3.05) is 7.11 Å². The highest BCUT2D eigenvalue weighted by Gasteiger charge is 2.21. The van der Waals surface area contributed by atoms with E-state index in [4.69, 9.17) is 0 Å². The van der Waals surface area contributed by atoms with Gasteiger partial charge in [0, 0.05) is 18.8 Å². The zero-order valence-electron chi connectivity index (χ0n) is 11.1. The van der Waals surface area contributed by atoms with Gasteiger partial charge in [0.2, 0.25) is 0 Å². The highest BCUT2D eigenvalue weighted by molar-refractivity contribution is 5.91. The highest BCUT2D eigenvalue weighted by Crippen LogP contribution is 2.30. The second-order valence-corrected chi connectivity index (χ2v) is 4.01. The van der Waals surface area contributed by atoms with Crippen LogP contribution in [0, 0.1) is 10.1 Å². The molecule has 0 spiro atoms. The monoisotopic (exact) mass is 275 g/mol. The maximum absolute atomic E-state index is 11.4. The average Bonchev–Trinajstić information content (AvgIpc) is 2.93. The number of hydrogen-bond donors (Lipinski definition) is 0. The minimum Gasteiger partial charge on any atom is -0.465 e. The first-order chi connectivity index (χ1) is 9.58. The zero-order valence-corrected chi connectivity index (χ0v) is 11.1. The van der Waals surface area contributed by atoms with E-state index in [1.54, 1.807) is 16.9 Å². The molecule has 2 aromatic rings. The van der Waals surface area contributed by atoms with Crippen molar-refractivity contribution in [1.82, 2.24) is 9.78 Å². The molecular formula is C13H13N3O4. The molecule has 0 amide bonds. The number of rotatable bonds is 4. The van der Waals surface area contributed by atoms with E-state index in [2.05, 4.69) is 9.84 Å². The highest BCUT2D eigenvalue weighted by atomic mass is 16.6. The van der Waals surface area contributed by atoms with Crippen molar-refractivity contribution in [1.29, 1.82) is 0 Å². The standard InChI is InChI=1S/C13H13N3O4/c1-3-15-11(6-7-14-15)10-5-4-9(13(17)20-2)8-12(10)16(18)19/h4-8H,3H2,1-2H3. The zero-order chi connectivity index (χ0) is 14.7. The van der Waals surface area contributed by atoms with Crippen LogP contribution in [0.2, 0.25) is 0 Å². The third-order valence-electron chi connectivity index (χ3n) is 2.91. The number of ether oxygens (including phenoxy) is 1. The van der Waals surface area contributed by atoms with Crippen LogP contribution in [0.25, 0.3) is 11.3 Å². The summed E-state index contributed by atoms with van der Waals surface area (Å²) in [7, 11) is 1.23. The van der Waals surface area contributed by atoms with E-state index in [1.807, 2.05) is 6.92 Å². The predicted molar refractivity (Wildman–Crippen MR) is 71.3 cm³/mol. The number of nitro benzene ring substituents is 1. The van der Waals surface area contributed by atoms with E-state index in [0.29, 0.717) is 17.8 Å². The number of carbonyl (C=O) groups excluding carboxylic acids is 1. The number of aromatic nitrogens is 2. The Kier molecular flexibility index (Phi) is 3.79. The molecule has 7 heteroatoms. The lowest BCUT2D eigenvalue weighted by molar-refractivity contribution is -0.384. The van der Waals surface area contributed by atoms with Gasteiger partial charge in [-0.25, -0.2) is 4.79 Å². The molecular weight excluding hydrogens is 262 g/mol. The molecule has 1 aromatic carbocycles. The van der Waals surface area contributed by atoms with Gasteiger partial charge in [0.1, 0.15) is 0 Å². The number of carbonyl (C=O) groups is 1. The van der Waals surface area contributed by atoms with Gasteiger partial charge in [0.05, 0.1) is 28.9 Å². The lowest BCUT2D eigenvalue weighted by Gasteiger charge is -2.07. The van der Waals surface area contributed by atoms with Gasteiger partial charge in [-0.15, -0.1) is 0 Å². The minimum absolute atomic E-state index is 0.144. The molecule has 0 saturated heterocycles.